The standard InChI is InChI=1S/C26H21Br2N/c1-18-16-21(12-14-24(18)27)29(22-13-15-25(28)19(2)17-22)26-11-7-6-10-23(26)20-8-4-3-5-9-20/h3-17H,1-2H3. The molecule has 4 rings (SSSR count). The van der Waals surface area contributed by atoms with E-state index in [2.05, 4.69) is 142 Å². The number of rotatable bonds is 4. The molecule has 0 aliphatic rings. The molecule has 0 aliphatic carbocycles. The van der Waals surface area contributed by atoms with E-state index in [0.29, 0.717) is 0 Å². The number of benzene rings is 4. The Labute approximate surface area is 189 Å². The molecule has 3 heteroatoms. The molecule has 0 N–H and O–H groups in total. The smallest absolute Gasteiger partial charge is 0.0540 e. The molecule has 0 saturated carbocycles. The van der Waals surface area contributed by atoms with Crippen LogP contribution in [0.3, 0.4) is 0 Å². The Morgan fingerprint density at radius 2 is 1.10 bits per heavy atom. The monoisotopic (exact) mass is 505 g/mol. The average Bonchev–Trinajstić information content (AvgIpc) is 2.74. The molecule has 0 bridgehead atoms. The number of nitrogens with zero attached hydrogens (tertiary/aromatic N) is 1. The summed E-state index contributed by atoms with van der Waals surface area (Å²) in [7, 11) is 0. The molecule has 1 nitrogen and oxygen atoms in total. The first-order chi connectivity index (χ1) is 14.0. The van der Waals surface area contributed by atoms with Crippen molar-refractivity contribution in [1.82, 2.24) is 0 Å². The van der Waals surface area contributed by atoms with Crippen LogP contribution in [-0.2, 0) is 0 Å². The number of hydrogen-bond acceptors (Lipinski definition) is 1. The molecule has 0 spiro atoms. The van der Waals surface area contributed by atoms with E-state index in [0.717, 1.165) is 26.0 Å². The summed E-state index contributed by atoms with van der Waals surface area (Å²) in [6, 6.07) is 32.2. The maximum absolute atomic E-state index is 3.64. The lowest BCUT2D eigenvalue weighted by Gasteiger charge is -2.28. The number of aryl methyl sites for hydroxylation is 2. The fourth-order valence-corrected chi connectivity index (χ4v) is 3.99. The van der Waals surface area contributed by atoms with Gasteiger partial charge in [-0.2, -0.15) is 0 Å². The zero-order valence-corrected chi connectivity index (χ0v) is 19.5. The highest BCUT2D eigenvalue weighted by atomic mass is 79.9. The first-order valence-electron chi connectivity index (χ1n) is 9.51. The Balaban J connectivity index is 1.97. The summed E-state index contributed by atoms with van der Waals surface area (Å²) < 4.78 is 2.23. The minimum Gasteiger partial charge on any atom is -0.310 e. The normalized spacial score (nSPS) is 10.8. The second-order valence-electron chi connectivity index (χ2n) is 7.09. The predicted octanol–water partition coefficient (Wildman–Crippen LogP) is 8.97. The molecular weight excluding hydrogens is 486 g/mol. The van der Waals surface area contributed by atoms with E-state index in [9.17, 15) is 0 Å². The van der Waals surface area contributed by atoms with Crippen molar-refractivity contribution in [2.75, 3.05) is 4.90 Å². The highest BCUT2D eigenvalue weighted by Crippen LogP contribution is 2.42. The first kappa shape index (κ1) is 19.9. The molecule has 0 radical (unpaired) electrons. The lowest BCUT2D eigenvalue weighted by Crippen LogP contribution is -2.11. The van der Waals surface area contributed by atoms with Gasteiger partial charge in [0.15, 0.2) is 0 Å². The quantitative estimate of drug-likeness (QED) is 0.267. The summed E-state index contributed by atoms with van der Waals surface area (Å²) in [6.07, 6.45) is 0. The zero-order valence-electron chi connectivity index (χ0n) is 16.4. The van der Waals surface area contributed by atoms with Crippen molar-refractivity contribution in [3.8, 4) is 11.1 Å². The van der Waals surface area contributed by atoms with Gasteiger partial charge in [-0.15, -0.1) is 0 Å². The fourth-order valence-electron chi connectivity index (χ4n) is 3.49. The van der Waals surface area contributed by atoms with Crippen LogP contribution < -0.4 is 4.90 Å². The van der Waals surface area contributed by atoms with Crippen LogP contribution in [0.5, 0.6) is 0 Å². The van der Waals surface area contributed by atoms with Crippen LogP contribution in [-0.4, -0.2) is 0 Å². The second-order valence-corrected chi connectivity index (χ2v) is 8.79. The van der Waals surface area contributed by atoms with Crippen LogP contribution in [0.4, 0.5) is 17.1 Å². The predicted molar refractivity (Wildman–Crippen MR) is 131 cm³/mol. The van der Waals surface area contributed by atoms with Gasteiger partial charge >= 0.3 is 0 Å². The SMILES string of the molecule is Cc1cc(N(c2ccc(Br)c(C)c2)c2ccccc2-c2ccccc2)ccc1Br. The van der Waals surface area contributed by atoms with Gasteiger partial charge in [-0.05, 0) is 73.0 Å². The second kappa shape index (κ2) is 8.56. The maximum Gasteiger partial charge on any atom is 0.0540 e. The average molecular weight is 507 g/mol. The third kappa shape index (κ3) is 4.17. The van der Waals surface area contributed by atoms with Gasteiger partial charge in [0.2, 0.25) is 0 Å². The van der Waals surface area contributed by atoms with E-state index in [-0.39, 0.29) is 0 Å². The molecule has 0 atom stereocenters. The Kier molecular flexibility index (Phi) is 5.89. The van der Waals surface area contributed by atoms with E-state index in [1.54, 1.807) is 0 Å². The van der Waals surface area contributed by atoms with Crippen LogP contribution in [0.25, 0.3) is 11.1 Å². The molecule has 29 heavy (non-hydrogen) atoms. The number of halogens is 2. The van der Waals surface area contributed by atoms with E-state index < -0.39 is 0 Å². The molecule has 0 saturated heterocycles. The minimum absolute atomic E-state index is 1.12. The lowest BCUT2D eigenvalue weighted by atomic mass is 10.0. The summed E-state index contributed by atoms with van der Waals surface area (Å²) in [5, 5.41) is 0. The molecule has 4 aromatic carbocycles. The van der Waals surface area contributed by atoms with Crippen LogP contribution in [0, 0.1) is 13.8 Å². The summed E-state index contributed by atoms with van der Waals surface area (Å²) in [5.41, 5.74) is 8.25. The van der Waals surface area contributed by atoms with Gasteiger partial charge < -0.3 is 4.90 Å². The van der Waals surface area contributed by atoms with Crippen molar-refractivity contribution in [3.63, 3.8) is 0 Å². The number of hydrogen-bond donors (Lipinski definition) is 0. The highest BCUT2D eigenvalue weighted by Gasteiger charge is 2.18. The van der Waals surface area contributed by atoms with Crippen molar-refractivity contribution < 1.29 is 0 Å². The molecule has 0 unspecified atom stereocenters. The first-order valence-corrected chi connectivity index (χ1v) is 11.1. The topological polar surface area (TPSA) is 3.24 Å². The van der Waals surface area contributed by atoms with Crippen LogP contribution >= 0.6 is 31.9 Å². The molecule has 0 amide bonds. The summed E-state index contributed by atoms with van der Waals surface area (Å²) in [4.78, 5) is 2.33. The van der Waals surface area contributed by atoms with Crippen LogP contribution in [0.2, 0.25) is 0 Å². The van der Waals surface area contributed by atoms with Crippen molar-refractivity contribution >= 4 is 48.9 Å². The Morgan fingerprint density at radius 1 is 0.586 bits per heavy atom. The Bertz CT molecular complexity index is 1100. The van der Waals surface area contributed by atoms with Crippen molar-refractivity contribution in [2.24, 2.45) is 0 Å². The molecule has 0 fully saturated rings. The fraction of sp³-hybridized carbons (Fsp3) is 0.0769. The highest BCUT2D eigenvalue weighted by molar-refractivity contribution is 9.10. The van der Waals surface area contributed by atoms with Gasteiger partial charge in [0.25, 0.3) is 0 Å². The molecular formula is C26H21Br2N. The van der Waals surface area contributed by atoms with E-state index >= 15 is 0 Å². The molecule has 0 aliphatic heterocycles. The summed E-state index contributed by atoms with van der Waals surface area (Å²) >= 11 is 7.28. The van der Waals surface area contributed by atoms with Crippen LogP contribution in [0.15, 0.2) is 99.9 Å². The summed E-state index contributed by atoms with van der Waals surface area (Å²) in [6.45, 7) is 4.25. The van der Waals surface area contributed by atoms with E-state index in [4.69, 9.17) is 0 Å². The largest absolute Gasteiger partial charge is 0.310 e. The third-order valence-electron chi connectivity index (χ3n) is 5.03. The van der Waals surface area contributed by atoms with Gasteiger partial charge in [0, 0.05) is 25.9 Å². The minimum atomic E-state index is 1.12. The van der Waals surface area contributed by atoms with Crippen molar-refractivity contribution in [3.05, 3.63) is 111 Å². The number of anilines is 3. The number of para-hydroxylation sites is 1. The molecule has 144 valence electrons. The van der Waals surface area contributed by atoms with E-state index in [1.165, 1.54) is 22.3 Å². The molecule has 0 aromatic heterocycles. The van der Waals surface area contributed by atoms with Crippen molar-refractivity contribution in [1.29, 1.82) is 0 Å². The van der Waals surface area contributed by atoms with E-state index in [1.807, 2.05) is 0 Å². The molecule has 4 aromatic rings. The van der Waals surface area contributed by atoms with Gasteiger partial charge in [-0.3, -0.25) is 0 Å². The summed E-state index contributed by atoms with van der Waals surface area (Å²) in [5.74, 6) is 0. The van der Waals surface area contributed by atoms with Crippen LogP contribution in [0.1, 0.15) is 11.1 Å². The van der Waals surface area contributed by atoms with Gasteiger partial charge in [0.05, 0.1) is 5.69 Å². The Hall–Kier alpha value is -2.36. The Morgan fingerprint density at radius 3 is 1.66 bits per heavy atom. The third-order valence-corrected chi connectivity index (χ3v) is 6.81. The van der Waals surface area contributed by atoms with Gasteiger partial charge in [-0.1, -0.05) is 80.4 Å². The maximum atomic E-state index is 3.64. The molecule has 0 heterocycles. The zero-order chi connectivity index (χ0) is 20.4. The van der Waals surface area contributed by atoms with Gasteiger partial charge in [0.1, 0.15) is 0 Å². The lowest BCUT2D eigenvalue weighted by molar-refractivity contribution is 1.25. The van der Waals surface area contributed by atoms with Crippen molar-refractivity contribution in [2.45, 2.75) is 13.8 Å². The van der Waals surface area contributed by atoms with Gasteiger partial charge in [-0.25, -0.2) is 0 Å².